The van der Waals surface area contributed by atoms with Gasteiger partial charge in [0.05, 0.1) is 0 Å². The lowest BCUT2D eigenvalue weighted by Gasteiger charge is -2.36. The van der Waals surface area contributed by atoms with Gasteiger partial charge in [-0.3, -0.25) is 4.90 Å². The van der Waals surface area contributed by atoms with Crippen molar-refractivity contribution in [1.82, 2.24) is 9.21 Å². The zero-order chi connectivity index (χ0) is 14.9. The van der Waals surface area contributed by atoms with E-state index in [1.165, 1.54) is 11.3 Å². The van der Waals surface area contributed by atoms with E-state index >= 15 is 0 Å². The second-order valence-electron chi connectivity index (χ2n) is 5.41. The number of sulfonamides is 1. The molecule has 0 amide bonds. The number of hydrogen-bond acceptors (Lipinski definition) is 5. The molecule has 0 aliphatic carbocycles. The van der Waals surface area contributed by atoms with Crippen LogP contribution in [-0.4, -0.2) is 49.8 Å². The molecule has 0 radical (unpaired) electrons. The van der Waals surface area contributed by atoms with Crippen molar-refractivity contribution in [3.05, 3.63) is 15.8 Å². The topological polar surface area (TPSA) is 66.6 Å². The summed E-state index contributed by atoms with van der Waals surface area (Å²) in [5.41, 5.74) is 6.48. The highest BCUT2D eigenvalue weighted by atomic mass is 32.2. The minimum Gasteiger partial charge on any atom is -0.326 e. The molecule has 1 aromatic rings. The van der Waals surface area contributed by atoms with Crippen LogP contribution >= 0.6 is 11.3 Å². The average Bonchev–Trinajstić information content (AvgIpc) is 2.80. The number of hydrogen-bond donors (Lipinski definition) is 1. The maximum atomic E-state index is 12.8. The summed E-state index contributed by atoms with van der Waals surface area (Å²) >= 11 is 1.43. The molecule has 114 valence electrons. The van der Waals surface area contributed by atoms with Crippen LogP contribution in [-0.2, 0) is 16.6 Å². The van der Waals surface area contributed by atoms with E-state index in [2.05, 4.69) is 18.7 Å². The van der Waals surface area contributed by atoms with E-state index in [9.17, 15) is 8.42 Å². The maximum Gasteiger partial charge on any atom is 0.244 e. The lowest BCUT2D eigenvalue weighted by atomic mass is 10.3. The van der Waals surface area contributed by atoms with E-state index in [4.69, 9.17) is 5.73 Å². The smallest absolute Gasteiger partial charge is 0.244 e. The van der Waals surface area contributed by atoms with E-state index in [0.717, 1.165) is 23.5 Å². The van der Waals surface area contributed by atoms with E-state index < -0.39 is 10.0 Å². The minimum atomic E-state index is -3.40. The molecule has 20 heavy (non-hydrogen) atoms. The standard InChI is InChI=1S/C13H23N3O2S2/c1-10(2)15-4-6-16(7-5-15)20(17,18)13-11(3)9-19-12(13)8-14/h9-10H,4-8,14H2,1-3H3. The fourth-order valence-corrected chi connectivity index (χ4v) is 5.64. The zero-order valence-corrected chi connectivity index (χ0v) is 13.9. The maximum absolute atomic E-state index is 12.8. The summed E-state index contributed by atoms with van der Waals surface area (Å²) in [6.45, 7) is 9.08. The van der Waals surface area contributed by atoms with Crippen molar-refractivity contribution in [3.8, 4) is 0 Å². The van der Waals surface area contributed by atoms with Gasteiger partial charge >= 0.3 is 0 Å². The number of nitrogens with two attached hydrogens (primary N) is 1. The van der Waals surface area contributed by atoms with Gasteiger partial charge in [0.15, 0.2) is 0 Å². The predicted octanol–water partition coefficient (Wildman–Crippen LogP) is 1.23. The van der Waals surface area contributed by atoms with E-state index in [0.29, 0.717) is 24.0 Å². The van der Waals surface area contributed by atoms with Gasteiger partial charge in [-0.1, -0.05) is 0 Å². The summed E-state index contributed by atoms with van der Waals surface area (Å²) in [7, 11) is -3.40. The molecule has 2 N–H and O–H groups in total. The van der Waals surface area contributed by atoms with Crippen molar-refractivity contribution in [2.24, 2.45) is 5.73 Å². The van der Waals surface area contributed by atoms with Crippen LogP contribution in [0.2, 0.25) is 0 Å². The molecule has 0 unspecified atom stereocenters. The molecule has 1 aliphatic heterocycles. The summed E-state index contributed by atoms with van der Waals surface area (Å²) < 4.78 is 27.2. The molecule has 0 atom stereocenters. The first-order valence-corrected chi connectivity index (χ1v) is 9.21. The summed E-state index contributed by atoms with van der Waals surface area (Å²) in [6, 6.07) is 0.461. The first kappa shape index (κ1) is 15.9. The molecule has 2 rings (SSSR count). The van der Waals surface area contributed by atoms with Gasteiger partial charge in [0.25, 0.3) is 0 Å². The number of rotatable bonds is 4. The SMILES string of the molecule is Cc1csc(CN)c1S(=O)(=O)N1CCN(C(C)C)CC1. The molecular weight excluding hydrogens is 294 g/mol. The van der Waals surface area contributed by atoms with Crippen molar-refractivity contribution in [2.45, 2.75) is 38.3 Å². The van der Waals surface area contributed by atoms with Crippen LogP contribution in [0.1, 0.15) is 24.3 Å². The molecule has 0 bridgehead atoms. The third-order valence-corrected chi connectivity index (χ3v) is 7.16. The van der Waals surface area contributed by atoms with Gasteiger partial charge in [0, 0.05) is 43.6 Å². The zero-order valence-electron chi connectivity index (χ0n) is 12.3. The number of thiophene rings is 1. The Kier molecular flexibility index (Phi) is 4.86. The Bertz CT molecular complexity index is 558. The highest BCUT2D eigenvalue weighted by Gasteiger charge is 2.32. The molecule has 0 aromatic carbocycles. The Hall–Kier alpha value is -0.470. The van der Waals surface area contributed by atoms with Gasteiger partial charge in [-0.2, -0.15) is 4.31 Å². The van der Waals surface area contributed by atoms with Gasteiger partial charge in [-0.25, -0.2) is 8.42 Å². The quantitative estimate of drug-likeness (QED) is 0.907. The Morgan fingerprint density at radius 3 is 2.40 bits per heavy atom. The second-order valence-corrected chi connectivity index (χ2v) is 8.25. The molecule has 0 spiro atoms. The first-order chi connectivity index (χ1) is 9.37. The van der Waals surface area contributed by atoms with Crippen LogP contribution in [0.4, 0.5) is 0 Å². The van der Waals surface area contributed by atoms with Gasteiger partial charge in [-0.05, 0) is 31.7 Å². The van der Waals surface area contributed by atoms with Gasteiger partial charge in [0.2, 0.25) is 10.0 Å². The Morgan fingerprint density at radius 2 is 1.90 bits per heavy atom. The molecule has 5 nitrogen and oxygen atoms in total. The normalized spacial score (nSPS) is 18.9. The molecule has 1 fully saturated rings. The van der Waals surface area contributed by atoms with Crippen molar-refractivity contribution in [1.29, 1.82) is 0 Å². The summed E-state index contributed by atoms with van der Waals surface area (Å²) in [5, 5.41) is 1.87. The third-order valence-electron chi connectivity index (χ3n) is 3.78. The summed E-state index contributed by atoms with van der Waals surface area (Å²) in [6.07, 6.45) is 0. The second kappa shape index (κ2) is 6.11. The minimum absolute atomic E-state index is 0.277. The van der Waals surface area contributed by atoms with Gasteiger partial charge in [0.1, 0.15) is 4.90 Å². The summed E-state index contributed by atoms with van der Waals surface area (Å²) in [5.74, 6) is 0. The molecule has 7 heteroatoms. The third kappa shape index (κ3) is 2.92. The largest absolute Gasteiger partial charge is 0.326 e. The van der Waals surface area contributed by atoms with Crippen molar-refractivity contribution >= 4 is 21.4 Å². The fraction of sp³-hybridized carbons (Fsp3) is 0.692. The predicted molar refractivity (Wildman–Crippen MR) is 82.4 cm³/mol. The van der Waals surface area contributed by atoms with Crippen LogP contribution in [0.15, 0.2) is 10.3 Å². The Balaban J connectivity index is 2.22. The Morgan fingerprint density at radius 1 is 1.30 bits per heavy atom. The molecule has 0 saturated carbocycles. The molecule has 2 heterocycles. The lowest BCUT2D eigenvalue weighted by Crippen LogP contribution is -2.50. The highest BCUT2D eigenvalue weighted by molar-refractivity contribution is 7.89. The van der Waals surface area contributed by atoms with Gasteiger partial charge in [-0.15, -0.1) is 11.3 Å². The van der Waals surface area contributed by atoms with E-state index in [-0.39, 0.29) is 6.54 Å². The van der Waals surface area contributed by atoms with Crippen molar-refractivity contribution in [2.75, 3.05) is 26.2 Å². The fourth-order valence-electron chi connectivity index (χ4n) is 2.56. The number of piperazine rings is 1. The molecule has 1 saturated heterocycles. The monoisotopic (exact) mass is 317 g/mol. The van der Waals surface area contributed by atoms with Crippen LogP contribution in [0.5, 0.6) is 0 Å². The molecule has 1 aromatic heterocycles. The van der Waals surface area contributed by atoms with Crippen LogP contribution in [0.3, 0.4) is 0 Å². The van der Waals surface area contributed by atoms with E-state index in [1.807, 2.05) is 12.3 Å². The van der Waals surface area contributed by atoms with Crippen molar-refractivity contribution in [3.63, 3.8) is 0 Å². The van der Waals surface area contributed by atoms with E-state index in [1.54, 1.807) is 4.31 Å². The first-order valence-electron chi connectivity index (χ1n) is 6.89. The summed E-state index contributed by atoms with van der Waals surface area (Å²) in [4.78, 5) is 3.49. The van der Waals surface area contributed by atoms with Gasteiger partial charge < -0.3 is 5.73 Å². The number of nitrogens with zero attached hydrogens (tertiary/aromatic N) is 2. The van der Waals surface area contributed by atoms with Crippen LogP contribution in [0.25, 0.3) is 0 Å². The number of aryl methyl sites for hydroxylation is 1. The van der Waals surface area contributed by atoms with Crippen LogP contribution in [0, 0.1) is 6.92 Å². The Labute approximate surface area is 125 Å². The molecular formula is C13H23N3O2S2. The highest BCUT2D eigenvalue weighted by Crippen LogP contribution is 2.29. The lowest BCUT2D eigenvalue weighted by molar-refractivity contribution is 0.154. The average molecular weight is 317 g/mol. The van der Waals surface area contributed by atoms with Crippen LogP contribution < -0.4 is 5.73 Å². The molecule has 1 aliphatic rings. The van der Waals surface area contributed by atoms with Crippen molar-refractivity contribution < 1.29 is 8.42 Å².